The van der Waals surface area contributed by atoms with Crippen molar-refractivity contribution in [2.75, 3.05) is 13.4 Å². The molecule has 0 aliphatic carbocycles. The van der Waals surface area contributed by atoms with E-state index in [0.29, 0.717) is 5.16 Å². The van der Waals surface area contributed by atoms with Crippen LogP contribution in [0.3, 0.4) is 0 Å². The first-order valence-corrected chi connectivity index (χ1v) is 9.44. The molecule has 0 amide bonds. The lowest BCUT2D eigenvalue weighted by atomic mass is 9.99. The number of hydrogen-bond acceptors (Lipinski definition) is 5. The van der Waals surface area contributed by atoms with Gasteiger partial charge in [0.05, 0.1) is 7.11 Å². The van der Waals surface area contributed by atoms with E-state index in [2.05, 4.69) is 34.5 Å². The van der Waals surface area contributed by atoms with Gasteiger partial charge in [0.1, 0.15) is 17.1 Å². The highest BCUT2D eigenvalue weighted by Gasteiger charge is 2.15. The van der Waals surface area contributed by atoms with Crippen LogP contribution < -0.4 is 4.74 Å². The van der Waals surface area contributed by atoms with Crippen LogP contribution in [0.5, 0.6) is 5.75 Å². The number of thioether (sulfide) groups is 1. The van der Waals surface area contributed by atoms with Crippen molar-refractivity contribution in [3.63, 3.8) is 0 Å². The van der Waals surface area contributed by atoms with E-state index in [1.54, 1.807) is 7.11 Å². The summed E-state index contributed by atoms with van der Waals surface area (Å²) in [5.74, 6) is 0.813. The average molecular weight is 359 g/mol. The number of hydrogen-bond donors (Lipinski definition) is 0. The first-order chi connectivity index (χ1) is 12.8. The first-order valence-electron chi connectivity index (χ1n) is 8.21. The summed E-state index contributed by atoms with van der Waals surface area (Å²) >= 11 is 1.48. The van der Waals surface area contributed by atoms with E-state index in [4.69, 9.17) is 9.72 Å². The third-order valence-electron chi connectivity index (χ3n) is 4.26. The maximum atomic E-state index is 5.27. The molecule has 0 bridgehead atoms. The summed E-state index contributed by atoms with van der Waals surface area (Å²) in [7, 11) is 1.66. The minimum absolute atomic E-state index is 0.653. The van der Waals surface area contributed by atoms with Gasteiger partial charge in [-0.2, -0.15) is 0 Å². The van der Waals surface area contributed by atoms with Gasteiger partial charge in [0.25, 0.3) is 0 Å². The second kappa shape index (κ2) is 7.14. The van der Waals surface area contributed by atoms with Crippen molar-refractivity contribution in [2.45, 2.75) is 5.16 Å². The monoisotopic (exact) mass is 359 g/mol. The fourth-order valence-corrected chi connectivity index (χ4v) is 3.27. The van der Waals surface area contributed by atoms with Gasteiger partial charge in [0.15, 0.2) is 0 Å². The van der Waals surface area contributed by atoms with Crippen molar-refractivity contribution < 1.29 is 4.74 Å². The molecule has 0 saturated heterocycles. The Hall–Kier alpha value is -2.92. The van der Waals surface area contributed by atoms with Crippen LogP contribution in [0.25, 0.3) is 33.3 Å². The second-order valence-corrected chi connectivity index (χ2v) is 6.52. The van der Waals surface area contributed by atoms with Gasteiger partial charge in [0, 0.05) is 11.1 Å². The van der Waals surface area contributed by atoms with Crippen LogP contribution in [0, 0.1) is 0 Å². The smallest absolute Gasteiger partial charge is 0.209 e. The zero-order valence-electron chi connectivity index (χ0n) is 14.5. The third kappa shape index (κ3) is 3.02. The van der Waals surface area contributed by atoms with Crippen molar-refractivity contribution in [1.82, 2.24) is 15.2 Å². The van der Waals surface area contributed by atoms with Crippen molar-refractivity contribution in [3.8, 4) is 28.3 Å². The molecular weight excluding hydrogens is 342 g/mol. The number of rotatable bonds is 4. The molecule has 1 heterocycles. The topological polar surface area (TPSA) is 47.9 Å². The van der Waals surface area contributed by atoms with Crippen molar-refractivity contribution >= 4 is 22.5 Å². The maximum absolute atomic E-state index is 5.27. The van der Waals surface area contributed by atoms with Gasteiger partial charge in [-0.3, -0.25) is 0 Å². The lowest BCUT2D eigenvalue weighted by molar-refractivity contribution is 0.415. The lowest BCUT2D eigenvalue weighted by Crippen LogP contribution is -1.99. The number of benzene rings is 3. The number of aromatic nitrogens is 3. The van der Waals surface area contributed by atoms with Gasteiger partial charge < -0.3 is 4.74 Å². The largest absolute Gasteiger partial charge is 0.497 e. The number of methoxy groups -OCH3 is 1. The molecule has 3 aromatic carbocycles. The Labute approximate surface area is 156 Å². The summed E-state index contributed by atoms with van der Waals surface area (Å²) in [4.78, 5) is 4.75. The molecule has 0 unspecified atom stereocenters. The number of nitrogens with zero attached hydrogens (tertiary/aromatic N) is 3. The van der Waals surface area contributed by atoms with Crippen LogP contribution >= 0.6 is 11.8 Å². The fourth-order valence-electron chi connectivity index (χ4n) is 2.96. The summed E-state index contributed by atoms with van der Waals surface area (Å²) in [5, 5.41) is 11.8. The molecule has 5 heteroatoms. The lowest BCUT2D eigenvalue weighted by Gasteiger charge is -2.11. The molecule has 0 atom stereocenters. The van der Waals surface area contributed by atoms with Gasteiger partial charge in [-0.05, 0) is 41.3 Å². The minimum atomic E-state index is 0.653. The molecule has 4 rings (SSSR count). The molecule has 0 saturated carbocycles. The summed E-state index contributed by atoms with van der Waals surface area (Å²) < 4.78 is 5.27. The highest BCUT2D eigenvalue weighted by molar-refractivity contribution is 7.98. The predicted octanol–water partition coefficient (Wildman–Crippen LogP) is 5.09. The molecule has 0 aliphatic heterocycles. The predicted molar refractivity (Wildman–Crippen MR) is 107 cm³/mol. The van der Waals surface area contributed by atoms with E-state index in [0.717, 1.165) is 33.7 Å². The minimum Gasteiger partial charge on any atom is -0.497 e. The zero-order valence-corrected chi connectivity index (χ0v) is 15.3. The highest BCUT2D eigenvalue weighted by Crippen LogP contribution is 2.34. The molecule has 0 radical (unpaired) electrons. The van der Waals surface area contributed by atoms with Crippen LogP contribution in [0.4, 0.5) is 0 Å². The van der Waals surface area contributed by atoms with Gasteiger partial charge >= 0.3 is 0 Å². The van der Waals surface area contributed by atoms with Crippen LogP contribution in [0.15, 0.2) is 71.9 Å². The Kier molecular flexibility index (Phi) is 4.54. The van der Waals surface area contributed by atoms with Crippen LogP contribution in [0.2, 0.25) is 0 Å². The summed E-state index contributed by atoms with van der Waals surface area (Å²) in [6.45, 7) is 0. The van der Waals surface area contributed by atoms with Gasteiger partial charge in [-0.25, -0.2) is 4.98 Å². The Morgan fingerprint density at radius 3 is 2.35 bits per heavy atom. The third-order valence-corrected chi connectivity index (χ3v) is 4.80. The molecule has 0 N–H and O–H groups in total. The van der Waals surface area contributed by atoms with Crippen LogP contribution in [-0.2, 0) is 0 Å². The van der Waals surface area contributed by atoms with Crippen LogP contribution in [-0.4, -0.2) is 28.5 Å². The Morgan fingerprint density at radius 1 is 0.808 bits per heavy atom. The average Bonchev–Trinajstić information content (AvgIpc) is 2.73. The molecule has 4 aromatic rings. The molecule has 26 heavy (non-hydrogen) atoms. The van der Waals surface area contributed by atoms with E-state index in [-0.39, 0.29) is 0 Å². The number of ether oxygens (including phenoxy) is 1. The second-order valence-electron chi connectivity index (χ2n) is 5.75. The normalized spacial score (nSPS) is 10.8. The Balaban J connectivity index is 1.96. The molecule has 0 aliphatic rings. The zero-order chi connectivity index (χ0) is 17.9. The van der Waals surface area contributed by atoms with E-state index >= 15 is 0 Å². The molecule has 1 aromatic heterocycles. The summed E-state index contributed by atoms with van der Waals surface area (Å²) in [5.41, 5.74) is 3.62. The SMILES string of the molecule is COc1ccc(-c2nc(SC)nnc2-c2cccc3ccccc23)cc1. The Bertz CT molecular complexity index is 1060. The van der Waals surface area contributed by atoms with E-state index in [9.17, 15) is 0 Å². The molecule has 0 fully saturated rings. The summed E-state index contributed by atoms with van der Waals surface area (Å²) in [6.07, 6.45) is 1.95. The summed E-state index contributed by atoms with van der Waals surface area (Å²) in [6, 6.07) is 22.4. The van der Waals surface area contributed by atoms with E-state index < -0.39 is 0 Å². The van der Waals surface area contributed by atoms with Gasteiger partial charge in [-0.15, -0.1) is 10.2 Å². The van der Waals surface area contributed by atoms with E-state index in [1.807, 2.05) is 48.7 Å². The van der Waals surface area contributed by atoms with Crippen molar-refractivity contribution in [2.24, 2.45) is 0 Å². The fraction of sp³-hybridized carbons (Fsp3) is 0.0952. The Morgan fingerprint density at radius 2 is 1.58 bits per heavy atom. The first kappa shape index (κ1) is 16.5. The van der Waals surface area contributed by atoms with Gasteiger partial charge in [-0.1, -0.05) is 54.2 Å². The standard InChI is InChI=1S/C21H17N3OS/c1-25-16-12-10-15(11-13-16)19-20(23-24-21(22-19)26-2)18-9-5-7-14-6-3-4-8-17(14)18/h3-13H,1-2H3. The maximum Gasteiger partial charge on any atom is 0.209 e. The molecule has 128 valence electrons. The van der Waals surface area contributed by atoms with Gasteiger partial charge in [0.2, 0.25) is 5.16 Å². The molecule has 0 spiro atoms. The molecular formula is C21H17N3OS. The van der Waals surface area contributed by atoms with E-state index in [1.165, 1.54) is 17.1 Å². The van der Waals surface area contributed by atoms with Crippen LogP contribution in [0.1, 0.15) is 0 Å². The number of fused-ring (bicyclic) bond motifs is 1. The quantitative estimate of drug-likeness (QED) is 0.475. The van der Waals surface area contributed by atoms with Crippen molar-refractivity contribution in [1.29, 1.82) is 0 Å². The molecule has 4 nitrogen and oxygen atoms in total. The highest BCUT2D eigenvalue weighted by atomic mass is 32.2. The van der Waals surface area contributed by atoms with Crippen molar-refractivity contribution in [3.05, 3.63) is 66.7 Å².